The highest BCUT2D eigenvalue weighted by Crippen LogP contribution is 2.20. The molecule has 0 saturated carbocycles. The number of carbonyl (C=O) groups is 2. The van der Waals surface area contributed by atoms with E-state index in [1.165, 1.54) is 0 Å². The molecule has 28 heavy (non-hydrogen) atoms. The van der Waals surface area contributed by atoms with Crippen LogP contribution in [0.25, 0.3) is 0 Å². The van der Waals surface area contributed by atoms with Crippen molar-refractivity contribution < 1.29 is 9.59 Å². The summed E-state index contributed by atoms with van der Waals surface area (Å²) in [5, 5.41) is 6.35. The van der Waals surface area contributed by atoms with Crippen molar-refractivity contribution in [2.75, 3.05) is 44.6 Å². The number of hydrogen-bond acceptors (Lipinski definition) is 4. The first-order valence-electron chi connectivity index (χ1n) is 9.69. The normalized spacial score (nSPS) is 15.6. The van der Waals surface area contributed by atoms with E-state index in [0.717, 1.165) is 26.2 Å². The second kappa shape index (κ2) is 10.5. The molecule has 0 bridgehead atoms. The van der Waals surface area contributed by atoms with Crippen LogP contribution in [0, 0.1) is 12.3 Å². The zero-order valence-corrected chi connectivity index (χ0v) is 17.4. The van der Waals surface area contributed by atoms with Crippen LogP contribution in [-0.4, -0.2) is 66.4 Å². The smallest absolute Gasteiger partial charge is 0.238 e. The fourth-order valence-corrected chi connectivity index (χ4v) is 3.42. The Kier molecular flexibility index (Phi) is 8.31. The Morgan fingerprint density at radius 1 is 1.07 bits per heavy atom. The van der Waals surface area contributed by atoms with Gasteiger partial charge in [-0.15, -0.1) is 6.42 Å². The first-order valence-corrected chi connectivity index (χ1v) is 10.1. The molecule has 2 rings (SSSR count). The van der Waals surface area contributed by atoms with Crippen LogP contribution in [0.1, 0.15) is 26.7 Å². The largest absolute Gasteiger partial charge is 0.339 e. The topological polar surface area (TPSA) is 64.7 Å². The van der Waals surface area contributed by atoms with Gasteiger partial charge in [0.1, 0.15) is 5.54 Å². The molecular weight excluding hydrogens is 376 g/mol. The van der Waals surface area contributed by atoms with Gasteiger partial charge in [-0.1, -0.05) is 43.5 Å². The van der Waals surface area contributed by atoms with Crippen molar-refractivity contribution in [1.29, 1.82) is 0 Å². The number of amides is 2. The summed E-state index contributed by atoms with van der Waals surface area (Å²) in [6.07, 6.45) is 7.02. The zero-order valence-electron chi connectivity index (χ0n) is 16.6. The number of carbonyl (C=O) groups excluding carboxylic acids is 2. The Morgan fingerprint density at radius 2 is 1.61 bits per heavy atom. The molecular formula is C21H29ClN4O2. The molecule has 1 fully saturated rings. The minimum atomic E-state index is -0.560. The summed E-state index contributed by atoms with van der Waals surface area (Å²) in [7, 11) is 0. The second-order valence-electron chi connectivity index (χ2n) is 7.06. The summed E-state index contributed by atoms with van der Waals surface area (Å²) in [6.45, 7) is 7.50. The van der Waals surface area contributed by atoms with E-state index in [1.54, 1.807) is 12.1 Å². The van der Waals surface area contributed by atoms with E-state index in [4.69, 9.17) is 18.0 Å². The molecule has 7 heteroatoms. The van der Waals surface area contributed by atoms with E-state index in [9.17, 15) is 9.59 Å². The number of terminal acetylenes is 1. The van der Waals surface area contributed by atoms with Crippen molar-refractivity contribution in [2.45, 2.75) is 32.2 Å². The molecule has 0 spiro atoms. The first-order chi connectivity index (χ1) is 13.4. The van der Waals surface area contributed by atoms with Gasteiger partial charge < -0.3 is 10.6 Å². The Balaban J connectivity index is 1.75. The van der Waals surface area contributed by atoms with Crippen LogP contribution in [-0.2, 0) is 9.59 Å². The summed E-state index contributed by atoms with van der Waals surface area (Å²) < 4.78 is 0. The highest BCUT2D eigenvalue weighted by atomic mass is 35.5. The molecule has 2 amide bonds. The molecule has 0 aromatic heterocycles. The highest BCUT2D eigenvalue weighted by Gasteiger charge is 2.27. The third kappa shape index (κ3) is 6.23. The van der Waals surface area contributed by atoms with Crippen molar-refractivity contribution in [3.05, 3.63) is 29.3 Å². The maximum absolute atomic E-state index is 12.4. The summed E-state index contributed by atoms with van der Waals surface area (Å²) in [5.41, 5.74) is 0.0590. The molecule has 1 saturated heterocycles. The SMILES string of the molecule is C#CC(CC)(CC)NC(=O)CN1CCN(CC(=O)Nc2ccccc2Cl)CC1. The van der Waals surface area contributed by atoms with Crippen LogP contribution in [0.2, 0.25) is 5.02 Å². The average molecular weight is 405 g/mol. The van der Waals surface area contributed by atoms with Gasteiger partial charge in [-0.2, -0.15) is 0 Å². The number of halogens is 1. The van der Waals surface area contributed by atoms with Crippen LogP contribution < -0.4 is 10.6 Å². The van der Waals surface area contributed by atoms with E-state index in [2.05, 4.69) is 26.4 Å². The van der Waals surface area contributed by atoms with Gasteiger partial charge in [0, 0.05) is 26.2 Å². The molecule has 0 unspecified atom stereocenters. The van der Waals surface area contributed by atoms with E-state index in [1.807, 2.05) is 26.0 Å². The minimum Gasteiger partial charge on any atom is -0.339 e. The molecule has 1 aliphatic rings. The Hall–Kier alpha value is -2.07. The fourth-order valence-electron chi connectivity index (χ4n) is 3.24. The van der Waals surface area contributed by atoms with Gasteiger partial charge in [0.15, 0.2) is 0 Å². The molecule has 6 nitrogen and oxygen atoms in total. The standard InChI is InChI=1S/C21H29ClN4O2/c1-4-21(5-2,6-3)24-20(28)16-26-13-11-25(12-14-26)15-19(27)23-18-10-8-7-9-17(18)22/h1,7-10H,5-6,11-16H2,2-3H3,(H,23,27)(H,24,28). The number of nitrogens with one attached hydrogen (secondary N) is 2. The van der Waals surface area contributed by atoms with Crippen molar-refractivity contribution in [3.8, 4) is 12.3 Å². The number of rotatable bonds is 8. The molecule has 0 atom stereocenters. The van der Waals surface area contributed by atoms with Crippen LogP contribution in [0.4, 0.5) is 5.69 Å². The van der Waals surface area contributed by atoms with Gasteiger partial charge in [0.25, 0.3) is 0 Å². The third-order valence-corrected chi connectivity index (χ3v) is 5.54. The lowest BCUT2D eigenvalue weighted by atomic mass is 9.94. The molecule has 0 radical (unpaired) electrons. The molecule has 2 N–H and O–H groups in total. The van der Waals surface area contributed by atoms with E-state index >= 15 is 0 Å². The van der Waals surface area contributed by atoms with E-state index in [0.29, 0.717) is 36.6 Å². The number of piperazine rings is 1. The van der Waals surface area contributed by atoms with Crippen molar-refractivity contribution in [3.63, 3.8) is 0 Å². The van der Waals surface area contributed by atoms with Crippen LogP contribution in [0.3, 0.4) is 0 Å². The number of anilines is 1. The lowest BCUT2D eigenvalue weighted by molar-refractivity contribution is -0.124. The van der Waals surface area contributed by atoms with Gasteiger partial charge in [0.2, 0.25) is 11.8 Å². The predicted molar refractivity (Wildman–Crippen MR) is 113 cm³/mol. The van der Waals surface area contributed by atoms with Crippen molar-refractivity contribution in [1.82, 2.24) is 15.1 Å². The summed E-state index contributed by atoms with van der Waals surface area (Å²) in [6, 6.07) is 7.17. The van der Waals surface area contributed by atoms with Crippen LogP contribution in [0.5, 0.6) is 0 Å². The van der Waals surface area contributed by atoms with E-state index < -0.39 is 5.54 Å². The van der Waals surface area contributed by atoms with Gasteiger partial charge in [-0.25, -0.2) is 0 Å². The predicted octanol–water partition coefficient (Wildman–Crippen LogP) is 2.20. The maximum Gasteiger partial charge on any atom is 0.238 e. The zero-order chi connectivity index (χ0) is 20.6. The second-order valence-corrected chi connectivity index (χ2v) is 7.47. The Morgan fingerprint density at radius 3 is 2.11 bits per heavy atom. The van der Waals surface area contributed by atoms with Gasteiger partial charge >= 0.3 is 0 Å². The molecule has 1 aromatic carbocycles. The van der Waals surface area contributed by atoms with Gasteiger partial charge in [-0.05, 0) is 25.0 Å². The molecule has 0 aliphatic carbocycles. The maximum atomic E-state index is 12.4. The molecule has 1 aliphatic heterocycles. The van der Waals surface area contributed by atoms with Gasteiger partial charge in [-0.3, -0.25) is 19.4 Å². The highest BCUT2D eigenvalue weighted by molar-refractivity contribution is 6.33. The third-order valence-electron chi connectivity index (χ3n) is 5.21. The molecule has 1 aromatic rings. The number of para-hydroxylation sites is 1. The van der Waals surface area contributed by atoms with E-state index in [-0.39, 0.29) is 11.8 Å². The fraction of sp³-hybridized carbons (Fsp3) is 0.524. The Bertz CT molecular complexity index is 719. The lowest BCUT2D eigenvalue weighted by Crippen LogP contribution is -2.54. The minimum absolute atomic E-state index is 0.0495. The molecule has 152 valence electrons. The van der Waals surface area contributed by atoms with Crippen LogP contribution in [0.15, 0.2) is 24.3 Å². The summed E-state index contributed by atoms with van der Waals surface area (Å²) >= 11 is 6.07. The Labute approximate surface area is 172 Å². The monoisotopic (exact) mass is 404 g/mol. The number of benzene rings is 1. The average Bonchev–Trinajstić information content (AvgIpc) is 2.69. The summed E-state index contributed by atoms with van der Waals surface area (Å²) in [4.78, 5) is 28.8. The summed E-state index contributed by atoms with van der Waals surface area (Å²) in [5.74, 6) is 2.58. The van der Waals surface area contributed by atoms with Crippen molar-refractivity contribution >= 4 is 29.1 Å². The van der Waals surface area contributed by atoms with Crippen LogP contribution >= 0.6 is 11.6 Å². The lowest BCUT2D eigenvalue weighted by Gasteiger charge is -2.35. The first kappa shape index (κ1) is 22.2. The van der Waals surface area contributed by atoms with Gasteiger partial charge in [0.05, 0.1) is 23.8 Å². The quantitative estimate of drug-likeness (QED) is 0.652. The van der Waals surface area contributed by atoms with Crippen molar-refractivity contribution in [2.24, 2.45) is 0 Å². The number of nitrogens with zero attached hydrogens (tertiary/aromatic N) is 2. The molecule has 1 heterocycles. The number of hydrogen-bond donors (Lipinski definition) is 2.